The highest BCUT2D eigenvalue weighted by molar-refractivity contribution is 5.81. The lowest BCUT2D eigenvalue weighted by molar-refractivity contribution is -0.289. The van der Waals surface area contributed by atoms with E-state index >= 15 is 0 Å². The van der Waals surface area contributed by atoms with Crippen molar-refractivity contribution in [2.75, 3.05) is 25.1 Å². The van der Waals surface area contributed by atoms with E-state index in [9.17, 15) is 20.4 Å². The fraction of sp³-hybridized carbons (Fsp3) is 0.688. The molecule has 6 N–H and O–H groups in total. The minimum Gasteiger partial charge on any atom is -0.387 e. The zero-order chi connectivity index (χ0) is 19.4. The van der Waals surface area contributed by atoms with Crippen LogP contribution < -0.4 is 5.32 Å². The first-order valence-electron chi connectivity index (χ1n) is 8.80. The van der Waals surface area contributed by atoms with Crippen LogP contribution in [0.1, 0.15) is 13.3 Å². The van der Waals surface area contributed by atoms with E-state index in [0.29, 0.717) is 24.6 Å². The first kappa shape index (κ1) is 19.9. The van der Waals surface area contributed by atoms with Crippen molar-refractivity contribution in [1.82, 2.24) is 19.9 Å². The lowest BCUT2D eigenvalue weighted by Gasteiger charge is -2.38. The van der Waals surface area contributed by atoms with Crippen LogP contribution in [-0.2, 0) is 9.47 Å². The fourth-order valence-electron chi connectivity index (χ4n) is 2.87. The van der Waals surface area contributed by atoms with E-state index in [4.69, 9.17) is 9.47 Å². The first-order chi connectivity index (χ1) is 13.0. The third-order valence-corrected chi connectivity index (χ3v) is 4.52. The first-order valence-corrected chi connectivity index (χ1v) is 8.80. The van der Waals surface area contributed by atoms with Crippen LogP contribution in [0.25, 0.3) is 11.2 Å². The monoisotopic (exact) mass is 383 g/mol. The molecule has 0 radical (unpaired) electrons. The maximum atomic E-state index is 9.87. The number of imidazole rings is 1. The Balaban J connectivity index is 1.37. The van der Waals surface area contributed by atoms with Gasteiger partial charge in [-0.25, -0.2) is 15.0 Å². The molecule has 1 fully saturated rings. The van der Waals surface area contributed by atoms with E-state index in [0.717, 1.165) is 11.9 Å². The van der Waals surface area contributed by atoms with Gasteiger partial charge in [-0.1, -0.05) is 6.92 Å². The van der Waals surface area contributed by atoms with Crippen LogP contribution >= 0.6 is 0 Å². The summed E-state index contributed by atoms with van der Waals surface area (Å²) < 4.78 is 10.6. The highest BCUT2D eigenvalue weighted by Crippen LogP contribution is 2.20. The van der Waals surface area contributed by atoms with Gasteiger partial charge in [0.1, 0.15) is 36.3 Å². The number of anilines is 1. The number of aromatic nitrogens is 4. The molecule has 0 spiro atoms. The highest BCUT2D eigenvalue weighted by Gasteiger charge is 2.42. The molecular weight excluding hydrogens is 358 g/mol. The number of fused-ring (bicyclic) bond motifs is 1. The molecule has 0 aliphatic carbocycles. The van der Waals surface area contributed by atoms with Crippen LogP contribution in [0.4, 0.5) is 5.82 Å². The van der Waals surface area contributed by atoms with Crippen molar-refractivity contribution in [3.05, 3.63) is 12.7 Å². The predicted octanol–water partition coefficient (Wildman–Crippen LogP) is -1.39. The molecule has 0 aromatic carbocycles. The number of nitrogens with one attached hydrogen (secondary N) is 2. The lowest BCUT2D eigenvalue weighted by Crippen LogP contribution is -2.58. The molecule has 27 heavy (non-hydrogen) atoms. The van der Waals surface area contributed by atoms with E-state index in [1.165, 1.54) is 6.33 Å². The van der Waals surface area contributed by atoms with Gasteiger partial charge in [0.2, 0.25) is 0 Å². The van der Waals surface area contributed by atoms with Crippen molar-refractivity contribution >= 4 is 17.0 Å². The SMILES string of the molecule is CC(CCNc1ncnc2nc[nH]c12)COC[C@H]1O[C@@H](O)[C@H](O)[C@@H](O)[C@@H]1O. The molecule has 1 aliphatic heterocycles. The van der Waals surface area contributed by atoms with Crippen LogP contribution in [0.3, 0.4) is 0 Å². The van der Waals surface area contributed by atoms with Crippen molar-refractivity contribution in [1.29, 1.82) is 0 Å². The summed E-state index contributed by atoms with van der Waals surface area (Å²) in [5.74, 6) is 0.892. The summed E-state index contributed by atoms with van der Waals surface area (Å²) in [5, 5.41) is 41.7. The summed E-state index contributed by atoms with van der Waals surface area (Å²) in [5.41, 5.74) is 1.36. The Morgan fingerprint density at radius 3 is 2.81 bits per heavy atom. The van der Waals surface area contributed by atoms with E-state index in [1.54, 1.807) is 6.33 Å². The molecule has 1 unspecified atom stereocenters. The Kier molecular flexibility index (Phi) is 6.52. The summed E-state index contributed by atoms with van der Waals surface area (Å²) >= 11 is 0. The second-order valence-corrected chi connectivity index (χ2v) is 6.72. The summed E-state index contributed by atoms with van der Waals surface area (Å²) in [4.78, 5) is 15.3. The molecule has 11 heteroatoms. The predicted molar refractivity (Wildman–Crippen MR) is 93.7 cm³/mol. The minimum absolute atomic E-state index is 0.000449. The summed E-state index contributed by atoms with van der Waals surface area (Å²) in [6.45, 7) is 3.09. The second-order valence-electron chi connectivity index (χ2n) is 6.72. The van der Waals surface area contributed by atoms with Crippen molar-refractivity contribution in [3.63, 3.8) is 0 Å². The van der Waals surface area contributed by atoms with E-state index in [1.807, 2.05) is 6.92 Å². The zero-order valence-corrected chi connectivity index (χ0v) is 14.9. The minimum atomic E-state index is -1.55. The smallest absolute Gasteiger partial charge is 0.184 e. The maximum absolute atomic E-state index is 9.87. The number of aliphatic hydroxyl groups excluding tert-OH is 4. The summed E-state index contributed by atoms with van der Waals surface area (Å²) in [7, 11) is 0. The second kappa shape index (κ2) is 8.87. The van der Waals surface area contributed by atoms with Gasteiger partial charge in [0.25, 0.3) is 0 Å². The molecule has 2 aromatic rings. The molecular formula is C16H25N5O6. The number of ether oxygens (including phenoxy) is 2. The third-order valence-electron chi connectivity index (χ3n) is 4.52. The number of rotatable bonds is 8. The van der Waals surface area contributed by atoms with Gasteiger partial charge in [0.15, 0.2) is 17.8 Å². The molecule has 1 saturated heterocycles. The number of nitrogens with zero attached hydrogens (tertiary/aromatic N) is 3. The van der Waals surface area contributed by atoms with Crippen molar-refractivity contribution in [2.24, 2.45) is 5.92 Å². The van der Waals surface area contributed by atoms with Crippen LogP contribution in [-0.4, -0.2) is 90.8 Å². The van der Waals surface area contributed by atoms with Gasteiger partial charge in [-0.3, -0.25) is 0 Å². The molecule has 0 bridgehead atoms. The average Bonchev–Trinajstić information content (AvgIpc) is 3.14. The zero-order valence-electron chi connectivity index (χ0n) is 14.9. The van der Waals surface area contributed by atoms with Gasteiger partial charge in [-0.15, -0.1) is 0 Å². The third kappa shape index (κ3) is 4.69. The highest BCUT2D eigenvalue weighted by atomic mass is 16.6. The van der Waals surface area contributed by atoms with Gasteiger partial charge >= 0.3 is 0 Å². The van der Waals surface area contributed by atoms with Crippen molar-refractivity contribution in [2.45, 2.75) is 44.1 Å². The van der Waals surface area contributed by atoms with Gasteiger partial charge in [0, 0.05) is 13.2 Å². The quantitative estimate of drug-likeness (QED) is 0.319. The molecule has 1 aliphatic rings. The fourth-order valence-corrected chi connectivity index (χ4v) is 2.87. The number of aliphatic hydroxyl groups is 4. The van der Waals surface area contributed by atoms with E-state index in [-0.39, 0.29) is 12.5 Å². The normalized spacial score (nSPS) is 29.7. The molecule has 0 amide bonds. The Bertz CT molecular complexity index is 730. The molecule has 3 rings (SSSR count). The molecule has 11 nitrogen and oxygen atoms in total. The van der Waals surface area contributed by atoms with Crippen molar-refractivity contribution < 1.29 is 29.9 Å². The number of hydrogen-bond acceptors (Lipinski definition) is 10. The summed E-state index contributed by atoms with van der Waals surface area (Å²) in [6, 6.07) is 0. The van der Waals surface area contributed by atoms with Gasteiger partial charge < -0.3 is 40.2 Å². The van der Waals surface area contributed by atoms with Gasteiger partial charge in [-0.05, 0) is 12.3 Å². The maximum Gasteiger partial charge on any atom is 0.184 e. The van der Waals surface area contributed by atoms with Crippen LogP contribution in [0.15, 0.2) is 12.7 Å². The number of hydrogen-bond donors (Lipinski definition) is 6. The standard InChI is InChI=1S/C16H25N5O6/c1-8(2-3-17-14-10-15(19-6-18-10)21-7-20-14)4-26-5-9-11(22)12(23)13(24)16(25)27-9/h6-9,11-13,16,22-25H,2-5H2,1H3,(H2,17,18,19,20,21)/t8?,9-,11-,12+,13-,16-/m1/s1. The van der Waals surface area contributed by atoms with Crippen LogP contribution in [0, 0.1) is 5.92 Å². The lowest BCUT2D eigenvalue weighted by atomic mass is 9.99. The Morgan fingerprint density at radius 1 is 1.19 bits per heavy atom. The van der Waals surface area contributed by atoms with E-state index in [2.05, 4.69) is 25.3 Å². The van der Waals surface area contributed by atoms with Gasteiger partial charge in [0.05, 0.1) is 12.9 Å². The molecule has 2 aromatic heterocycles. The molecule has 150 valence electrons. The average molecular weight is 383 g/mol. The largest absolute Gasteiger partial charge is 0.387 e. The van der Waals surface area contributed by atoms with Crippen molar-refractivity contribution in [3.8, 4) is 0 Å². The molecule has 6 atom stereocenters. The Morgan fingerprint density at radius 2 is 2.00 bits per heavy atom. The number of aromatic amines is 1. The topological polar surface area (TPSA) is 166 Å². The summed E-state index contributed by atoms with van der Waals surface area (Å²) in [6.07, 6.45) is -2.97. The Hall–Kier alpha value is -1.89. The molecule has 0 saturated carbocycles. The van der Waals surface area contributed by atoms with Crippen LogP contribution in [0.5, 0.6) is 0 Å². The molecule has 3 heterocycles. The van der Waals surface area contributed by atoms with Crippen LogP contribution in [0.2, 0.25) is 0 Å². The number of H-pyrrole nitrogens is 1. The Labute approximate surface area is 155 Å². The van der Waals surface area contributed by atoms with E-state index < -0.39 is 30.7 Å². The van der Waals surface area contributed by atoms with Gasteiger partial charge in [-0.2, -0.15) is 0 Å².